The summed E-state index contributed by atoms with van der Waals surface area (Å²) < 4.78 is 13.6. The first-order chi connectivity index (χ1) is 12.0. The summed E-state index contributed by atoms with van der Waals surface area (Å²) in [6, 6.07) is 7.07. The number of hydrogen-bond donors (Lipinski definition) is 1. The van der Waals surface area contributed by atoms with Gasteiger partial charge in [-0.2, -0.15) is 5.10 Å². The third-order valence-corrected chi connectivity index (χ3v) is 4.67. The van der Waals surface area contributed by atoms with Gasteiger partial charge in [0.25, 0.3) is 0 Å². The summed E-state index contributed by atoms with van der Waals surface area (Å²) in [4.78, 5) is 14.5. The van der Waals surface area contributed by atoms with Crippen LogP contribution < -0.4 is 10.2 Å². The van der Waals surface area contributed by atoms with Crippen molar-refractivity contribution in [3.05, 3.63) is 53.0 Å². The fourth-order valence-electron chi connectivity index (χ4n) is 3.05. The Bertz CT molecular complexity index is 757. The first kappa shape index (κ1) is 17.3. The van der Waals surface area contributed by atoms with E-state index in [0.29, 0.717) is 12.1 Å². The molecule has 1 aromatic carbocycles. The normalized spacial score (nSPS) is 15.2. The molecule has 25 heavy (non-hydrogen) atoms. The molecule has 0 radical (unpaired) electrons. The highest BCUT2D eigenvalue weighted by Gasteiger charge is 2.25. The van der Waals surface area contributed by atoms with Crippen LogP contribution in [0.1, 0.15) is 29.5 Å². The van der Waals surface area contributed by atoms with Crippen molar-refractivity contribution in [3.63, 3.8) is 0 Å². The maximum atomic E-state index is 13.6. The smallest absolute Gasteiger partial charge is 0.223 e. The van der Waals surface area contributed by atoms with Crippen molar-refractivity contribution in [2.24, 2.45) is 5.92 Å². The minimum atomic E-state index is -0.237. The lowest BCUT2D eigenvalue weighted by Gasteiger charge is -2.31. The van der Waals surface area contributed by atoms with Crippen molar-refractivity contribution in [2.45, 2.75) is 33.2 Å². The van der Waals surface area contributed by atoms with E-state index in [2.05, 4.69) is 20.4 Å². The minimum absolute atomic E-state index is 0.00989. The Labute approximate surface area is 147 Å². The highest BCUT2D eigenvalue weighted by molar-refractivity contribution is 5.79. The number of halogens is 1. The molecule has 0 bridgehead atoms. The standard InChI is InChI=1S/C19H23FN4O/c1-13-9-18(23-22-11-13)24-7-5-16(6-8-24)19(25)21-12-15-4-3-14(2)17(20)10-15/h3-4,9-11,16H,5-8,12H2,1-2H3,(H,21,25). The van der Waals surface area contributed by atoms with Crippen LogP contribution in [-0.4, -0.2) is 29.2 Å². The van der Waals surface area contributed by atoms with Crippen LogP contribution in [0, 0.1) is 25.6 Å². The van der Waals surface area contributed by atoms with Gasteiger partial charge in [0.05, 0.1) is 6.20 Å². The van der Waals surface area contributed by atoms with Gasteiger partial charge in [0.15, 0.2) is 5.82 Å². The van der Waals surface area contributed by atoms with Crippen molar-refractivity contribution < 1.29 is 9.18 Å². The van der Waals surface area contributed by atoms with Crippen LogP contribution in [0.4, 0.5) is 10.2 Å². The van der Waals surface area contributed by atoms with Crippen LogP contribution in [-0.2, 0) is 11.3 Å². The van der Waals surface area contributed by atoms with Gasteiger partial charge < -0.3 is 10.2 Å². The Morgan fingerprint density at radius 3 is 2.72 bits per heavy atom. The number of rotatable bonds is 4. The number of carbonyl (C=O) groups excluding carboxylic acids is 1. The molecule has 5 nitrogen and oxygen atoms in total. The Morgan fingerprint density at radius 1 is 1.28 bits per heavy atom. The van der Waals surface area contributed by atoms with Crippen molar-refractivity contribution in [3.8, 4) is 0 Å². The number of piperidine rings is 1. The molecule has 3 rings (SSSR count). The molecule has 0 aliphatic carbocycles. The van der Waals surface area contributed by atoms with E-state index in [-0.39, 0.29) is 17.6 Å². The zero-order chi connectivity index (χ0) is 17.8. The van der Waals surface area contributed by atoms with Gasteiger partial charge in [-0.1, -0.05) is 12.1 Å². The van der Waals surface area contributed by atoms with Crippen LogP contribution >= 0.6 is 0 Å². The van der Waals surface area contributed by atoms with Crippen molar-refractivity contribution in [1.82, 2.24) is 15.5 Å². The van der Waals surface area contributed by atoms with Crippen LogP contribution in [0.5, 0.6) is 0 Å². The Hall–Kier alpha value is -2.50. The molecule has 0 spiro atoms. The third-order valence-electron chi connectivity index (χ3n) is 4.67. The number of aryl methyl sites for hydroxylation is 2. The van der Waals surface area contributed by atoms with Crippen molar-refractivity contribution in [2.75, 3.05) is 18.0 Å². The first-order valence-electron chi connectivity index (χ1n) is 8.60. The van der Waals surface area contributed by atoms with Gasteiger partial charge in [-0.05, 0) is 55.5 Å². The molecule has 0 saturated carbocycles. The predicted molar refractivity (Wildman–Crippen MR) is 94.7 cm³/mol. The van der Waals surface area contributed by atoms with E-state index in [1.165, 1.54) is 6.07 Å². The zero-order valence-corrected chi connectivity index (χ0v) is 14.6. The number of amides is 1. The van der Waals surface area contributed by atoms with Gasteiger partial charge in [-0.3, -0.25) is 4.79 Å². The highest BCUT2D eigenvalue weighted by atomic mass is 19.1. The highest BCUT2D eigenvalue weighted by Crippen LogP contribution is 2.22. The number of anilines is 1. The molecule has 1 amide bonds. The maximum absolute atomic E-state index is 13.6. The van der Waals surface area contributed by atoms with Crippen molar-refractivity contribution >= 4 is 11.7 Å². The molecule has 0 unspecified atom stereocenters. The second kappa shape index (κ2) is 7.59. The topological polar surface area (TPSA) is 58.1 Å². The van der Waals surface area contributed by atoms with Gasteiger partial charge in [0.1, 0.15) is 5.82 Å². The molecule has 6 heteroatoms. The van der Waals surface area contributed by atoms with E-state index in [0.717, 1.165) is 42.9 Å². The summed E-state index contributed by atoms with van der Waals surface area (Å²) >= 11 is 0. The number of benzene rings is 1. The SMILES string of the molecule is Cc1cnnc(N2CCC(C(=O)NCc3ccc(C)c(F)c3)CC2)c1. The number of hydrogen-bond acceptors (Lipinski definition) is 4. The average Bonchev–Trinajstić information content (AvgIpc) is 2.62. The van der Waals surface area contributed by atoms with Crippen LogP contribution in [0.3, 0.4) is 0 Å². The zero-order valence-electron chi connectivity index (χ0n) is 14.6. The van der Waals surface area contributed by atoms with E-state index in [1.807, 2.05) is 19.1 Å². The van der Waals surface area contributed by atoms with Crippen LogP contribution in [0.2, 0.25) is 0 Å². The Morgan fingerprint density at radius 2 is 2.04 bits per heavy atom. The number of nitrogens with one attached hydrogen (secondary N) is 1. The van der Waals surface area contributed by atoms with E-state index in [1.54, 1.807) is 19.2 Å². The molecule has 132 valence electrons. The minimum Gasteiger partial charge on any atom is -0.355 e. The maximum Gasteiger partial charge on any atom is 0.223 e. The molecule has 1 fully saturated rings. The molecular formula is C19H23FN4O. The molecule has 1 N–H and O–H groups in total. The lowest BCUT2D eigenvalue weighted by Crippen LogP contribution is -2.40. The fourth-order valence-corrected chi connectivity index (χ4v) is 3.05. The summed E-state index contributed by atoms with van der Waals surface area (Å²) in [5.41, 5.74) is 2.47. The third kappa shape index (κ3) is 4.32. The molecule has 2 aromatic rings. The first-order valence-corrected chi connectivity index (χ1v) is 8.60. The summed E-state index contributed by atoms with van der Waals surface area (Å²) in [7, 11) is 0. The Kier molecular flexibility index (Phi) is 5.26. The molecule has 1 saturated heterocycles. The monoisotopic (exact) mass is 342 g/mol. The molecule has 1 aromatic heterocycles. The van der Waals surface area contributed by atoms with Gasteiger partial charge in [-0.25, -0.2) is 4.39 Å². The predicted octanol–water partition coefficient (Wildman–Crippen LogP) is 2.77. The molecule has 0 atom stereocenters. The van der Waals surface area contributed by atoms with Crippen LogP contribution in [0.25, 0.3) is 0 Å². The quantitative estimate of drug-likeness (QED) is 0.928. The fraction of sp³-hybridized carbons (Fsp3) is 0.421. The molecular weight excluding hydrogens is 319 g/mol. The van der Waals surface area contributed by atoms with E-state index in [4.69, 9.17) is 0 Å². The van der Waals surface area contributed by atoms with E-state index < -0.39 is 0 Å². The number of aromatic nitrogens is 2. The summed E-state index contributed by atoms with van der Waals surface area (Å²) in [6.07, 6.45) is 3.30. The summed E-state index contributed by atoms with van der Waals surface area (Å²) in [5, 5.41) is 11.1. The molecule has 1 aliphatic heterocycles. The van der Waals surface area contributed by atoms with Gasteiger partial charge in [0, 0.05) is 25.6 Å². The second-order valence-electron chi connectivity index (χ2n) is 6.65. The second-order valence-corrected chi connectivity index (χ2v) is 6.65. The number of carbonyl (C=O) groups is 1. The molecule has 2 heterocycles. The lowest BCUT2D eigenvalue weighted by molar-refractivity contribution is -0.125. The van der Waals surface area contributed by atoms with Crippen LogP contribution in [0.15, 0.2) is 30.5 Å². The number of nitrogens with zero attached hydrogens (tertiary/aromatic N) is 3. The average molecular weight is 342 g/mol. The summed E-state index contributed by atoms with van der Waals surface area (Å²) in [5.74, 6) is 0.661. The summed E-state index contributed by atoms with van der Waals surface area (Å²) in [6.45, 7) is 5.65. The van der Waals surface area contributed by atoms with Crippen molar-refractivity contribution in [1.29, 1.82) is 0 Å². The molecule has 1 aliphatic rings. The Balaban J connectivity index is 1.50. The lowest BCUT2D eigenvalue weighted by atomic mass is 9.95. The van der Waals surface area contributed by atoms with E-state index in [9.17, 15) is 9.18 Å². The van der Waals surface area contributed by atoms with Gasteiger partial charge in [-0.15, -0.1) is 5.10 Å². The van der Waals surface area contributed by atoms with Gasteiger partial charge in [0.2, 0.25) is 5.91 Å². The van der Waals surface area contributed by atoms with E-state index >= 15 is 0 Å². The largest absolute Gasteiger partial charge is 0.355 e. The van der Waals surface area contributed by atoms with Gasteiger partial charge >= 0.3 is 0 Å².